The van der Waals surface area contributed by atoms with E-state index in [-0.39, 0.29) is 30.2 Å². The van der Waals surface area contributed by atoms with Crippen molar-refractivity contribution in [3.8, 4) is 5.75 Å². The normalized spacial score (nSPS) is 14.1. The molecule has 116 valence electrons. The van der Waals surface area contributed by atoms with Crippen molar-refractivity contribution in [1.82, 2.24) is 4.90 Å². The van der Waals surface area contributed by atoms with Crippen molar-refractivity contribution in [2.45, 2.75) is 0 Å². The van der Waals surface area contributed by atoms with Gasteiger partial charge in [-0.3, -0.25) is 14.5 Å². The van der Waals surface area contributed by atoms with Crippen molar-refractivity contribution in [3.05, 3.63) is 35.5 Å². The lowest BCUT2D eigenvalue weighted by Gasteiger charge is -2.14. The Kier molecular flexibility index (Phi) is 4.42. The summed E-state index contributed by atoms with van der Waals surface area (Å²) in [6.45, 7) is -0.424. The van der Waals surface area contributed by atoms with Crippen LogP contribution in [0.4, 0.5) is 5.69 Å². The molecule has 0 fully saturated rings. The minimum atomic E-state index is -1.18. The van der Waals surface area contributed by atoms with Gasteiger partial charge in [0.25, 0.3) is 11.8 Å². The number of amides is 2. The fourth-order valence-corrected chi connectivity index (χ4v) is 2.02. The summed E-state index contributed by atoms with van der Waals surface area (Å²) in [5.41, 5.74) is 0.272. The molecule has 0 bridgehead atoms. The SMILES string of the molecule is COc1ccc(NC2=CC(=O)N(CCO)C2=O)cc1C(=O)O. The van der Waals surface area contributed by atoms with Crippen LogP contribution >= 0.6 is 0 Å². The lowest BCUT2D eigenvalue weighted by molar-refractivity contribution is -0.137. The van der Waals surface area contributed by atoms with Crippen molar-refractivity contribution in [1.29, 1.82) is 0 Å². The van der Waals surface area contributed by atoms with Gasteiger partial charge >= 0.3 is 5.97 Å². The first-order chi connectivity index (χ1) is 10.5. The van der Waals surface area contributed by atoms with Crippen molar-refractivity contribution < 1.29 is 29.3 Å². The van der Waals surface area contributed by atoms with Crippen LogP contribution in [-0.4, -0.2) is 53.2 Å². The maximum Gasteiger partial charge on any atom is 0.339 e. The number of carbonyl (C=O) groups excluding carboxylic acids is 2. The highest BCUT2D eigenvalue weighted by Gasteiger charge is 2.30. The zero-order valence-corrected chi connectivity index (χ0v) is 11.7. The molecule has 1 aliphatic heterocycles. The largest absolute Gasteiger partial charge is 0.496 e. The first-order valence-electron chi connectivity index (χ1n) is 6.34. The number of hydrogen-bond donors (Lipinski definition) is 3. The first-order valence-corrected chi connectivity index (χ1v) is 6.34. The molecule has 0 aromatic heterocycles. The number of benzene rings is 1. The van der Waals surface area contributed by atoms with Gasteiger partial charge in [0.2, 0.25) is 0 Å². The number of hydrogen-bond acceptors (Lipinski definition) is 6. The molecule has 0 saturated heterocycles. The van der Waals surface area contributed by atoms with E-state index >= 15 is 0 Å². The minimum absolute atomic E-state index is 0.0138. The third-order valence-electron chi connectivity index (χ3n) is 3.04. The number of nitrogens with one attached hydrogen (secondary N) is 1. The van der Waals surface area contributed by atoms with Crippen molar-refractivity contribution in [3.63, 3.8) is 0 Å². The van der Waals surface area contributed by atoms with Crippen LogP contribution in [0.25, 0.3) is 0 Å². The summed E-state index contributed by atoms with van der Waals surface area (Å²) in [6.07, 6.45) is 1.10. The molecule has 2 rings (SSSR count). The Balaban J connectivity index is 2.23. The van der Waals surface area contributed by atoms with E-state index in [4.69, 9.17) is 14.9 Å². The fraction of sp³-hybridized carbons (Fsp3) is 0.214. The number of imide groups is 1. The highest BCUT2D eigenvalue weighted by atomic mass is 16.5. The number of anilines is 1. The average molecular weight is 306 g/mol. The van der Waals surface area contributed by atoms with Crippen LogP contribution in [0.3, 0.4) is 0 Å². The van der Waals surface area contributed by atoms with E-state index in [1.807, 2.05) is 0 Å². The lowest BCUT2D eigenvalue weighted by Crippen LogP contribution is -2.34. The molecular weight excluding hydrogens is 292 g/mol. The molecule has 0 unspecified atom stereocenters. The number of aliphatic hydroxyl groups excluding tert-OH is 1. The fourth-order valence-electron chi connectivity index (χ4n) is 2.02. The van der Waals surface area contributed by atoms with Crippen LogP contribution in [-0.2, 0) is 9.59 Å². The summed E-state index contributed by atoms with van der Waals surface area (Å²) in [5.74, 6) is -2.10. The number of carboxylic acid groups (broad SMARTS) is 1. The molecule has 2 amide bonds. The van der Waals surface area contributed by atoms with Gasteiger partial charge in [0.15, 0.2) is 0 Å². The molecule has 1 aromatic rings. The zero-order chi connectivity index (χ0) is 16.3. The van der Waals surface area contributed by atoms with Crippen LogP contribution in [0.1, 0.15) is 10.4 Å². The molecule has 0 atom stereocenters. The number of aliphatic hydroxyl groups is 1. The number of carboxylic acids is 1. The first kappa shape index (κ1) is 15.5. The maximum atomic E-state index is 12.0. The summed E-state index contributed by atoms with van der Waals surface area (Å²) in [6, 6.07) is 4.27. The predicted octanol–water partition coefficient (Wildman–Crippen LogP) is 0.0503. The summed E-state index contributed by atoms with van der Waals surface area (Å²) >= 11 is 0. The van der Waals surface area contributed by atoms with Gasteiger partial charge < -0.3 is 20.3 Å². The van der Waals surface area contributed by atoms with E-state index in [2.05, 4.69) is 5.32 Å². The van der Waals surface area contributed by atoms with E-state index in [1.165, 1.54) is 25.3 Å². The molecule has 8 heteroatoms. The maximum absolute atomic E-state index is 12.0. The molecule has 22 heavy (non-hydrogen) atoms. The van der Waals surface area contributed by atoms with Gasteiger partial charge in [-0.2, -0.15) is 0 Å². The molecule has 1 aliphatic rings. The van der Waals surface area contributed by atoms with E-state index in [0.717, 1.165) is 11.0 Å². The average Bonchev–Trinajstić information content (AvgIpc) is 2.75. The number of nitrogens with zero attached hydrogens (tertiary/aromatic N) is 1. The quantitative estimate of drug-likeness (QED) is 0.636. The predicted molar refractivity (Wildman–Crippen MR) is 75.5 cm³/mol. The van der Waals surface area contributed by atoms with Crippen LogP contribution in [0.15, 0.2) is 30.0 Å². The lowest BCUT2D eigenvalue weighted by atomic mass is 10.1. The number of rotatable bonds is 6. The van der Waals surface area contributed by atoms with Gasteiger partial charge in [-0.25, -0.2) is 4.79 Å². The van der Waals surface area contributed by atoms with Crippen molar-refractivity contribution >= 4 is 23.5 Å². The molecule has 0 aliphatic carbocycles. The third-order valence-corrected chi connectivity index (χ3v) is 3.04. The topological polar surface area (TPSA) is 116 Å². The highest BCUT2D eigenvalue weighted by molar-refractivity contribution is 6.17. The van der Waals surface area contributed by atoms with Crippen molar-refractivity contribution in [2.24, 2.45) is 0 Å². The Bertz CT molecular complexity index is 667. The van der Waals surface area contributed by atoms with Crippen LogP contribution < -0.4 is 10.1 Å². The monoisotopic (exact) mass is 306 g/mol. The molecule has 0 radical (unpaired) electrons. The number of carbonyl (C=O) groups is 3. The standard InChI is InChI=1S/C14H14N2O6/c1-22-11-3-2-8(6-9(11)14(20)21)15-10-7-12(18)16(4-5-17)13(10)19/h2-3,6-7,15,17H,4-5H2,1H3,(H,20,21). The Morgan fingerprint density at radius 2 is 2.09 bits per heavy atom. The molecule has 8 nitrogen and oxygen atoms in total. The van der Waals surface area contributed by atoms with Gasteiger partial charge in [0, 0.05) is 11.8 Å². The second-order valence-electron chi connectivity index (χ2n) is 4.42. The van der Waals surface area contributed by atoms with E-state index < -0.39 is 17.8 Å². The van der Waals surface area contributed by atoms with Crippen LogP contribution in [0.5, 0.6) is 5.75 Å². The minimum Gasteiger partial charge on any atom is -0.496 e. The zero-order valence-electron chi connectivity index (χ0n) is 11.7. The molecule has 3 N–H and O–H groups in total. The second kappa shape index (κ2) is 6.27. The summed E-state index contributed by atoms with van der Waals surface area (Å²) < 4.78 is 4.94. The number of aromatic carboxylic acids is 1. The number of ether oxygens (including phenoxy) is 1. The van der Waals surface area contributed by atoms with Crippen molar-refractivity contribution in [2.75, 3.05) is 25.6 Å². The summed E-state index contributed by atoms with van der Waals surface area (Å²) in [5, 5.41) is 20.6. The van der Waals surface area contributed by atoms with Gasteiger partial charge in [-0.1, -0.05) is 0 Å². The van der Waals surface area contributed by atoms with Gasteiger partial charge in [0.05, 0.1) is 20.3 Å². The smallest absolute Gasteiger partial charge is 0.339 e. The van der Waals surface area contributed by atoms with E-state index in [0.29, 0.717) is 5.69 Å². The van der Waals surface area contributed by atoms with Gasteiger partial charge in [0.1, 0.15) is 17.0 Å². The molecular formula is C14H14N2O6. The second-order valence-corrected chi connectivity index (χ2v) is 4.42. The third kappa shape index (κ3) is 2.91. The Labute approximate surface area is 125 Å². The van der Waals surface area contributed by atoms with Gasteiger partial charge in [-0.15, -0.1) is 0 Å². The summed E-state index contributed by atoms with van der Waals surface area (Å²) in [4.78, 5) is 35.6. The van der Waals surface area contributed by atoms with Crippen LogP contribution in [0.2, 0.25) is 0 Å². The Morgan fingerprint density at radius 1 is 1.36 bits per heavy atom. The van der Waals surface area contributed by atoms with E-state index in [9.17, 15) is 14.4 Å². The van der Waals surface area contributed by atoms with Gasteiger partial charge in [-0.05, 0) is 18.2 Å². The number of methoxy groups -OCH3 is 1. The molecule has 0 spiro atoms. The Hall–Kier alpha value is -2.87. The number of β-amino-alcohol motifs (C(OH)–C–C–N with tert-alkyl or cyclic N) is 1. The highest BCUT2D eigenvalue weighted by Crippen LogP contribution is 2.24. The summed E-state index contributed by atoms with van der Waals surface area (Å²) in [7, 11) is 1.35. The van der Waals surface area contributed by atoms with Crippen LogP contribution in [0, 0.1) is 0 Å². The molecule has 1 heterocycles. The molecule has 1 aromatic carbocycles. The Morgan fingerprint density at radius 3 is 2.68 bits per heavy atom. The molecule has 0 saturated carbocycles. The van der Waals surface area contributed by atoms with E-state index in [1.54, 1.807) is 0 Å².